The molecule has 0 radical (unpaired) electrons. The summed E-state index contributed by atoms with van der Waals surface area (Å²) in [5.74, 6) is -0.215. The van der Waals surface area contributed by atoms with Crippen LogP contribution in [0.4, 0.5) is 11.4 Å². The minimum absolute atomic E-state index is 0.0692. The summed E-state index contributed by atoms with van der Waals surface area (Å²) in [7, 11) is 0. The van der Waals surface area contributed by atoms with Crippen LogP contribution in [0.25, 0.3) is 0 Å². The highest BCUT2D eigenvalue weighted by Crippen LogP contribution is 2.29. The van der Waals surface area contributed by atoms with E-state index >= 15 is 0 Å². The zero-order valence-electron chi connectivity index (χ0n) is 11.5. The van der Waals surface area contributed by atoms with Crippen LogP contribution in [0, 0.1) is 17.0 Å². The number of anilines is 1. The minimum Gasteiger partial charge on any atom is -0.305 e. The molecule has 0 N–H and O–H groups in total. The Morgan fingerprint density at radius 2 is 2.14 bits per heavy atom. The number of hydrogen-bond acceptors (Lipinski definition) is 6. The Hall–Kier alpha value is -2.61. The molecule has 0 bridgehead atoms. The lowest BCUT2D eigenvalue weighted by atomic mass is 10.1. The van der Waals surface area contributed by atoms with Gasteiger partial charge in [0.2, 0.25) is 11.2 Å². The van der Waals surface area contributed by atoms with Crippen LogP contribution in [0.15, 0.2) is 18.5 Å². The fraction of sp³-hybridized carbons (Fsp3) is 0.231. The van der Waals surface area contributed by atoms with Gasteiger partial charge in [0, 0.05) is 17.8 Å². The number of hydrogen-bond donors (Lipinski definition) is 0. The van der Waals surface area contributed by atoms with Crippen molar-refractivity contribution in [1.29, 1.82) is 0 Å². The molecule has 0 spiro atoms. The maximum Gasteiger partial charge on any atom is 0.289 e. The van der Waals surface area contributed by atoms with Crippen LogP contribution in [-0.2, 0) is 17.8 Å². The molecule has 0 saturated carbocycles. The van der Waals surface area contributed by atoms with E-state index in [0.29, 0.717) is 17.1 Å². The summed E-state index contributed by atoms with van der Waals surface area (Å²) < 4.78 is 0. The van der Waals surface area contributed by atoms with Gasteiger partial charge in [-0.05, 0) is 18.5 Å². The Bertz CT molecular complexity index is 795. The van der Waals surface area contributed by atoms with Crippen LogP contribution in [0.3, 0.4) is 0 Å². The first-order valence-corrected chi connectivity index (χ1v) is 6.75. The maximum atomic E-state index is 12.3. The second-order valence-electron chi connectivity index (χ2n) is 4.82. The van der Waals surface area contributed by atoms with E-state index in [1.54, 1.807) is 13.1 Å². The predicted octanol–water partition coefficient (Wildman–Crippen LogP) is 1.83. The summed E-state index contributed by atoms with van der Waals surface area (Å²) in [6.45, 7) is 1.93. The van der Waals surface area contributed by atoms with E-state index in [1.807, 2.05) is 0 Å². The normalized spacial score (nSPS) is 13.9. The number of rotatable bonds is 2. The Balaban J connectivity index is 2.02. The van der Waals surface area contributed by atoms with Crippen molar-refractivity contribution >= 4 is 28.9 Å². The summed E-state index contributed by atoms with van der Waals surface area (Å²) >= 11 is 5.73. The van der Waals surface area contributed by atoms with Gasteiger partial charge in [-0.25, -0.2) is 9.97 Å². The summed E-state index contributed by atoms with van der Waals surface area (Å²) in [6, 6.07) is 1.35. The monoisotopic (exact) mass is 319 g/mol. The van der Waals surface area contributed by atoms with Gasteiger partial charge < -0.3 is 4.90 Å². The van der Waals surface area contributed by atoms with E-state index in [9.17, 15) is 14.9 Å². The molecule has 3 heterocycles. The van der Waals surface area contributed by atoms with Crippen molar-refractivity contribution < 1.29 is 9.72 Å². The largest absolute Gasteiger partial charge is 0.305 e. The van der Waals surface area contributed by atoms with Crippen molar-refractivity contribution in [3.8, 4) is 0 Å². The average Bonchev–Trinajstić information content (AvgIpc) is 2.47. The second kappa shape index (κ2) is 5.30. The minimum atomic E-state index is -0.540. The fourth-order valence-electron chi connectivity index (χ4n) is 2.30. The summed E-state index contributed by atoms with van der Waals surface area (Å²) in [6.07, 6.45) is 2.80. The van der Waals surface area contributed by atoms with Gasteiger partial charge in [-0.3, -0.25) is 19.9 Å². The molecule has 9 heteroatoms. The zero-order chi connectivity index (χ0) is 15.9. The molecule has 112 valence electrons. The Morgan fingerprint density at radius 3 is 2.86 bits per heavy atom. The molecule has 0 saturated heterocycles. The Labute approximate surface area is 129 Å². The molecular weight excluding hydrogens is 310 g/mol. The molecule has 1 aliphatic heterocycles. The predicted molar refractivity (Wildman–Crippen MR) is 77.6 cm³/mol. The smallest absolute Gasteiger partial charge is 0.289 e. The van der Waals surface area contributed by atoms with Crippen molar-refractivity contribution in [2.45, 2.75) is 19.9 Å². The highest BCUT2D eigenvalue weighted by molar-refractivity contribution is 6.28. The van der Waals surface area contributed by atoms with Crippen LogP contribution in [-0.4, -0.2) is 25.8 Å². The van der Waals surface area contributed by atoms with Gasteiger partial charge in [0.1, 0.15) is 6.20 Å². The number of carbonyl (C=O) groups is 1. The third-order valence-corrected chi connectivity index (χ3v) is 3.60. The van der Waals surface area contributed by atoms with Crippen molar-refractivity contribution in [3.63, 3.8) is 0 Å². The third kappa shape index (κ3) is 2.48. The topological polar surface area (TPSA) is 102 Å². The number of halogens is 1. The molecule has 0 atom stereocenters. The van der Waals surface area contributed by atoms with Gasteiger partial charge >= 0.3 is 0 Å². The summed E-state index contributed by atoms with van der Waals surface area (Å²) in [5.41, 5.74) is 2.14. The lowest BCUT2D eigenvalue weighted by molar-refractivity contribution is -0.385. The van der Waals surface area contributed by atoms with Gasteiger partial charge in [-0.2, -0.15) is 0 Å². The van der Waals surface area contributed by atoms with Crippen molar-refractivity contribution in [3.05, 3.63) is 50.8 Å². The quantitative estimate of drug-likeness (QED) is 0.475. The average molecular weight is 320 g/mol. The fourth-order valence-corrected chi connectivity index (χ4v) is 2.45. The summed E-state index contributed by atoms with van der Waals surface area (Å²) in [5, 5.41) is 11.0. The molecule has 2 aromatic rings. The van der Waals surface area contributed by atoms with Gasteiger partial charge in [0.05, 0.1) is 35.0 Å². The van der Waals surface area contributed by atoms with E-state index in [4.69, 9.17) is 11.6 Å². The number of fused-ring (bicyclic) bond motifs is 1. The number of nitro groups is 1. The number of aromatic nitrogens is 3. The Morgan fingerprint density at radius 1 is 1.36 bits per heavy atom. The van der Waals surface area contributed by atoms with E-state index in [2.05, 4.69) is 15.0 Å². The first-order valence-electron chi connectivity index (χ1n) is 6.37. The van der Waals surface area contributed by atoms with Crippen molar-refractivity contribution in [2.24, 2.45) is 0 Å². The first kappa shape index (κ1) is 14.3. The zero-order valence-corrected chi connectivity index (χ0v) is 12.2. The molecule has 2 aromatic heterocycles. The molecule has 3 rings (SSSR count). The van der Waals surface area contributed by atoms with E-state index in [0.717, 1.165) is 5.56 Å². The van der Waals surface area contributed by atoms with E-state index in [-0.39, 0.29) is 29.8 Å². The highest BCUT2D eigenvalue weighted by Gasteiger charge is 2.28. The second-order valence-corrected chi connectivity index (χ2v) is 5.16. The van der Waals surface area contributed by atoms with Crippen LogP contribution >= 0.6 is 11.6 Å². The van der Waals surface area contributed by atoms with Gasteiger partial charge in [-0.1, -0.05) is 0 Å². The molecule has 0 aromatic carbocycles. The van der Waals surface area contributed by atoms with Crippen LogP contribution in [0.1, 0.15) is 17.0 Å². The van der Waals surface area contributed by atoms with Crippen molar-refractivity contribution in [1.82, 2.24) is 15.0 Å². The van der Waals surface area contributed by atoms with Crippen LogP contribution < -0.4 is 4.90 Å². The van der Waals surface area contributed by atoms with E-state index in [1.165, 1.54) is 17.2 Å². The first-order chi connectivity index (χ1) is 10.5. The van der Waals surface area contributed by atoms with E-state index < -0.39 is 4.92 Å². The van der Waals surface area contributed by atoms with Gasteiger partial charge in [0.15, 0.2) is 0 Å². The lowest BCUT2D eigenvalue weighted by Gasteiger charge is -2.28. The van der Waals surface area contributed by atoms with Crippen molar-refractivity contribution in [2.75, 3.05) is 4.90 Å². The van der Waals surface area contributed by atoms with Gasteiger partial charge in [0.25, 0.3) is 5.69 Å². The van der Waals surface area contributed by atoms with Crippen LogP contribution in [0.5, 0.6) is 0 Å². The SMILES string of the molecule is Cc1ncc([N+](=O)[O-])cc1N1Cc2cnc(Cl)nc2CC1=O. The van der Waals surface area contributed by atoms with Gasteiger partial charge in [-0.15, -0.1) is 0 Å². The number of amides is 1. The number of carbonyl (C=O) groups excluding carboxylic acids is 1. The Kier molecular flexibility index (Phi) is 3.45. The standard InChI is InChI=1S/C13H10ClN5O3/c1-7-11(2-9(5-15-7)19(21)22)18-6-8-4-16-13(14)17-10(8)3-12(18)20/h2,4-5H,3,6H2,1H3. The molecule has 0 fully saturated rings. The third-order valence-electron chi connectivity index (χ3n) is 3.42. The number of pyridine rings is 1. The number of aryl methyl sites for hydroxylation is 1. The summed E-state index contributed by atoms with van der Waals surface area (Å²) in [4.78, 5) is 36.1. The molecule has 1 amide bonds. The molecule has 1 aliphatic rings. The molecule has 0 unspecified atom stereocenters. The molecule has 0 aliphatic carbocycles. The molecule has 22 heavy (non-hydrogen) atoms. The number of nitrogens with zero attached hydrogens (tertiary/aromatic N) is 5. The van der Waals surface area contributed by atoms with Crippen LogP contribution in [0.2, 0.25) is 5.28 Å². The molecule has 8 nitrogen and oxygen atoms in total. The lowest BCUT2D eigenvalue weighted by Crippen LogP contribution is -2.37. The maximum absolute atomic E-state index is 12.3. The highest BCUT2D eigenvalue weighted by atomic mass is 35.5. The molecular formula is C13H10ClN5O3.